The summed E-state index contributed by atoms with van der Waals surface area (Å²) in [5, 5.41) is 0. The number of nitrogens with zero attached hydrogens (tertiary/aromatic N) is 1. The van der Waals surface area contributed by atoms with Gasteiger partial charge in [-0.15, -0.1) is 0 Å². The van der Waals surface area contributed by atoms with E-state index in [0.717, 1.165) is 16.9 Å². The fourth-order valence-electron chi connectivity index (χ4n) is 1.44. The fourth-order valence-corrected chi connectivity index (χ4v) is 3.86. The first-order valence-corrected chi connectivity index (χ1v) is 7.89. The Labute approximate surface area is 120 Å². The summed E-state index contributed by atoms with van der Waals surface area (Å²) in [7, 11) is -2.10. The molecule has 0 aliphatic rings. The summed E-state index contributed by atoms with van der Waals surface area (Å²) in [6.07, 6.45) is 1.23. The van der Waals surface area contributed by atoms with Crippen LogP contribution in [0.2, 0.25) is 4.47 Å². The third-order valence-corrected chi connectivity index (χ3v) is 5.34. The molecule has 0 aliphatic heterocycles. The average molecular weight is 319 g/mol. The highest BCUT2D eigenvalue weighted by Gasteiger charge is 2.18. The zero-order valence-electron chi connectivity index (χ0n) is 10.2. The van der Waals surface area contributed by atoms with E-state index in [1.807, 2.05) is 0 Å². The molecule has 0 bridgehead atoms. The van der Waals surface area contributed by atoms with Crippen LogP contribution in [0, 0.1) is 6.92 Å². The van der Waals surface area contributed by atoms with Gasteiger partial charge in [-0.1, -0.05) is 22.9 Å². The van der Waals surface area contributed by atoms with E-state index in [0.29, 0.717) is 11.4 Å². The maximum Gasteiger partial charge on any atom is 0.273 e. The van der Waals surface area contributed by atoms with Crippen LogP contribution in [-0.4, -0.2) is 20.5 Å². The van der Waals surface area contributed by atoms with Gasteiger partial charge < -0.3 is 4.74 Å². The highest BCUT2D eigenvalue weighted by atomic mass is 35.5. The molecule has 5 nitrogen and oxygen atoms in total. The van der Waals surface area contributed by atoms with Crippen LogP contribution in [0.15, 0.2) is 28.6 Å². The lowest BCUT2D eigenvalue weighted by molar-refractivity contribution is 0.414. The van der Waals surface area contributed by atoms with Crippen LogP contribution in [0.4, 0.5) is 5.69 Å². The molecular weight excluding hydrogens is 308 g/mol. The first-order chi connectivity index (χ1) is 8.92. The molecule has 0 saturated heterocycles. The minimum absolute atomic E-state index is 0.0766. The zero-order chi connectivity index (χ0) is 14.0. The monoisotopic (exact) mass is 318 g/mol. The van der Waals surface area contributed by atoms with Crippen molar-refractivity contribution >= 4 is 38.6 Å². The van der Waals surface area contributed by atoms with Gasteiger partial charge in [0.05, 0.1) is 19.0 Å². The second-order valence-corrected chi connectivity index (χ2v) is 7.24. The first-order valence-electron chi connectivity index (χ1n) is 5.21. The van der Waals surface area contributed by atoms with Gasteiger partial charge in [-0.3, -0.25) is 4.72 Å². The summed E-state index contributed by atoms with van der Waals surface area (Å²) in [6, 6.07) is 5.08. The lowest BCUT2D eigenvalue weighted by Gasteiger charge is -2.10. The van der Waals surface area contributed by atoms with Crippen LogP contribution in [0.5, 0.6) is 5.75 Å². The summed E-state index contributed by atoms with van der Waals surface area (Å²) in [4.78, 5) is 3.72. The van der Waals surface area contributed by atoms with Crippen molar-refractivity contribution in [3.05, 3.63) is 34.4 Å². The number of thiazole rings is 1. The molecule has 0 fully saturated rings. The van der Waals surface area contributed by atoms with Crippen molar-refractivity contribution in [3.63, 3.8) is 0 Å². The lowest BCUT2D eigenvalue weighted by atomic mass is 10.2. The molecule has 19 heavy (non-hydrogen) atoms. The van der Waals surface area contributed by atoms with E-state index < -0.39 is 10.0 Å². The Hall–Kier alpha value is -1.31. The van der Waals surface area contributed by atoms with Crippen molar-refractivity contribution in [2.45, 2.75) is 11.1 Å². The van der Waals surface area contributed by atoms with Crippen molar-refractivity contribution in [2.24, 2.45) is 0 Å². The normalized spacial score (nSPS) is 11.3. The number of ether oxygens (including phenoxy) is 1. The Morgan fingerprint density at radius 3 is 2.68 bits per heavy atom. The standard InChI is InChI=1S/C11H11ClN2O3S2/c1-7-5-8(17-2)3-4-9(7)14-19(15,16)10-6-13-11(12)18-10/h3-6,14H,1-2H3. The van der Waals surface area contributed by atoms with Gasteiger partial charge >= 0.3 is 0 Å². The number of halogens is 1. The smallest absolute Gasteiger partial charge is 0.273 e. The molecule has 0 spiro atoms. The quantitative estimate of drug-likeness (QED) is 0.941. The summed E-state index contributed by atoms with van der Waals surface area (Å²) in [5.74, 6) is 0.668. The summed E-state index contributed by atoms with van der Waals surface area (Å²) in [5.41, 5.74) is 1.25. The summed E-state index contributed by atoms with van der Waals surface area (Å²) < 4.78 is 32.0. The number of methoxy groups -OCH3 is 1. The molecule has 0 aliphatic carbocycles. The molecule has 1 aromatic carbocycles. The van der Waals surface area contributed by atoms with Crippen LogP contribution in [0.3, 0.4) is 0 Å². The number of benzene rings is 1. The molecule has 1 heterocycles. The minimum Gasteiger partial charge on any atom is -0.497 e. The van der Waals surface area contributed by atoms with E-state index in [9.17, 15) is 8.42 Å². The number of anilines is 1. The SMILES string of the molecule is COc1ccc(NS(=O)(=O)c2cnc(Cl)s2)c(C)c1. The van der Waals surface area contributed by atoms with Crippen molar-refractivity contribution < 1.29 is 13.2 Å². The lowest BCUT2D eigenvalue weighted by Crippen LogP contribution is -2.12. The number of nitrogens with one attached hydrogen (secondary N) is 1. The molecule has 0 saturated carbocycles. The Morgan fingerprint density at radius 1 is 1.42 bits per heavy atom. The second kappa shape index (κ2) is 5.36. The van der Waals surface area contributed by atoms with Gasteiger partial charge in [0.2, 0.25) is 0 Å². The van der Waals surface area contributed by atoms with E-state index in [1.54, 1.807) is 32.2 Å². The van der Waals surface area contributed by atoms with Crippen molar-refractivity contribution in [2.75, 3.05) is 11.8 Å². The van der Waals surface area contributed by atoms with Crippen LogP contribution in [0.25, 0.3) is 0 Å². The zero-order valence-corrected chi connectivity index (χ0v) is 12.6. The Bertz CT molecular complexity index is 698. The maximum absolute atomic E-state index is 12.1. The first kappa shape index (κ1) is 14.1. The average Bonchev–Trinajstić information content (AvgIpc) is 2.79. The highest BCUT2D eigenvalue weighted by molar-refractivity contribution is 7.94. The van der Waals surface area contributed by atoms with E-state index in [1.165, 1.54) is 6.20 Å². The van der Waals surface area contributed by atoms with Gasteiger partial charge in [-0.2, -0.15) is 0 Å². The second-order valence-electron chi connectivity index (χ2n) is 3.72. The molecule has 102 valence electrons. The molecule has 1 N–H and O–H groups in total. The van der Waals surface area contributed by atoms with Gasteiger partial charge in [-0.25, -0.2) is 13.4 Å². The third kappa shape index (κ3) is 3.17. The molecule has 0 atom stereocenters. The van der Waals surface area contributed by atoms with Crippen LogP contribution >= 0.6 is 22.9 Å². The number of aryl methyl sites for hydroxylation is 1. The number of sulfonamides is 1. The molecular formula is C11H11ClN2O3S2. The number of hydrogen-bond acceptors (Lipinski definition) is 5. The van der Waals surface area contributed by atoms with Crippen molar-refractivity contribution in [1.82, 2.24) is 4.98 Å². The van der Waals surface area contributed by atoms with Gasteiger partial charge in [-0.05, 0) is 30.7 Å². The van der Waals surface area contributed by atoms with Crippen molar-refractivity contribution in [3.8, 4) is 5.75 Å². The summed E-state index contributed by atoms with van der Waals surface area (Å²) >= 11 is 6.55. The molecule has 1 aromatic heterocycles. The van der Waals surface area contributed by atoms with Crippen LogP contribution < -0.4 is 9.46 Å². The van der Waals surface area contributed by atoms with E-state index in [2.05, 4.69) is 9.71 Å². The minimum atomic E-state index is -3.65. The molecule has 0 unspecified atom stereocenters. The van der Waals surface area contributed by atoms with Gasteiger partial charge in [0.25, 0.3) is 10.0 Å². The topological polar surface area (TPSA) is 68.3 Å². The van der Waals surface area contributed by atoms with Gasteiger partial charge in [0.1, 0.15) is 5.75 Å². The molecule has 2 aromatic rings. The fraction of sp³-hybridized carbons (Fsp3) is 0.182. The maximum atomic E-state index is 12.1. The van der Waals surface area contributed by atoms with Gasteiger partial charge in [0.15, 0.2) is 8.68 Å². The van der Waals surface area contributed by atoms with E-state index >= 15 is 0 Å². The Balaban J connectivity index is 2.30. The van der Waals surface area contributed by atoms with E-state index in [4.69, 9.17) is 16.3 Å². The van der Waals surface area contributed by atoms with E-state index in [-0.39, 0.29) is 8.68 Å². The predicted molar refractivity (Wildman–Crippen MR) is 75.7 cm³/mol. The number of hydrogen-bond donors (Lipinski definition) is 1. The molecule has 0 radical (unpaired) electrons. The largest absolute Gasteiger partial charge is 0.497 e. The van der Waals surface area contributed by atoms with Crippen molar-refractivity contribution in [1.29, 1.82) is 0 Å². The number of aromatic nitrogens is 1. The highest BCUT2D eigenvalue weighted by Crippen LogP contribution is 2.27. The molecule has 8 heteroatoms. The molecule has 0 amide bonds. The van der Waals surface area contributed by atoms with Gasteiger partial charge in [0, 0.05) is 0 Å². The third-order valence-electron chi connectivity index (χ3n) is 2.40. The Kier molecular flexibility index (Phi) is 3.98. The summed E-state index contributed by atoms with van der Waals surface area (Å²) in [6.45, 7) is 1.79. The van der Waals surface area contributed by atoms with Crippen LogP contribution in [-0.2, 0) is 10.0 Å². The van der Waals surface area contributed by atoms with Crippen LogP contribution in [0.1, 0.15) is 5.56 Å². The number of rotatable bonds is 4. The predicted octanol–water partition coefficient (Wildman–Crippen LogP) is 2.91. The Morgan fingerprint density at radius 2 is 2.16 bits per heavy atom. The molecule has 2 rings (SSSR count).